The molecule has 1 aromatic rings. The smallest absolute Gasteiger partial charge is 0.331 e. The molecule has 1 aliphatic heterocycles. The van der Waals surface area contributed by atoms with Gasteiger partial charge < -0.3 is 14.6 Å². The van der Waals surface area contributed by atoms with Crippen molar-refractivity contribution in [2.24, 2.45) is 0 Å². The summed E-state index contributed by atoms with van der Waals surface area (Å²) in [5.74, 6) is -0.914. The van der Waals surface area contributed by atoms with Gasteiger partial charge in [0.25, 0.3) is 0 Å². The van der Waals surface area contributed by atoms with Crippen molar-refractivity contribution in [1.82, 2.24) is 5.32 Å². The minimum Gasteiger partial charge on any atom is -0.480 e. The van der Waals surface area contributed by atoms with Crippen LogP contribution in [0.5, 0.6) is 0 Å². The molecule has 1 saturated heterocycles. The molecule has 1 fully saturated rings. The molecule has 0 saturated carbocycles. The van der Waals surface area contributed by atoms with Crippen LogP contribution in [0.15, 0.2) is 30.3 Å². The number of likely N-dealkylation sites (N-methyl/N-ethyl adjacent to an activating group) is 1. The lowest BCUT2D eigenvalue weighted by molar-refractivity contribution is -0.151. The van der Waals surface area contributed by atoms with E-state index in [1.54, 1.807) is 0 Å². The fourth-order valence-corrected chi connectivity index (χ4v) is 2.61. The zero-order chi connectivity index (χ0) is 15.1. The zero-order valence-electron chi connectivity index (χ0n) is 12.4. The van der Waals surface area contributed by atoms with Gasteiger partial charge in [0, 0.05) is 13.2 Å². The van der Waals surface area contributed by atoms with Gasteiger partial charge in [-0.2, -0.15) is 0 Å². The Balaban J connectivity index is 2.16. The maximum atomic E-state index is 11.9. The molecule has 116 valence electrons. The number of ether oxygens (including phenoxy) is 2. The summed E-state index contributed by atoms with van der Waals surface area (Å²) >= 11 is 0. The van der Waals surface area contributed by atoms with Gasteiger partial charge in [-0.3, -0.25) is 5.32 Å². The normalized spacial score (nSPS) is 19.1. The van der Waals surface area contributed by atoms with Crippen LogP contribution in [0.1, 0.15) is 25.3 Å². The van der Waals surface area contributed by atoms with Gasteiger partial charge >= 0.3 is 5.97 Å². The molecule has 0 amide bonds. The molecule has 1 heterocycles. The molecule has 1 aliphatic rings. The number of benzene rings is 1. The largest absolute Gasteiger partial charge is 0.480 e. The van der Waals surface area contributed by atoms with Crippen molar-refractivity contribution in [2.45, 2.75) is 31.4 Å². The van der Waals surface area contributed by atoms with Crippen LogP contribution in [-0.4, -0.2) is 43.5 Å². The van der Waals surface area contributed by atoms with Gasteiger partial charge in [-0.1, -0.05) is 37.3 Å². The van der Waals surface area contributed by atoms with E-state index in [4.69, 9.17) is 9.47 Å². The van der Waals surface area contributed by atoms with E-state index in [2.05, 4.69) is 5.32 Å². The van der Waals surface area contributed by atoms with Crippen LogP contribution in [0.3, 0.4) is 0 Å². The van der Waals surface area contributed by atoms with Gasteiger partial charge in [0.05, 0.1) is 12.7 Å². The van der Waals surface area contributed by atoms with Crippen LogP contribution in [0.4, 0.5) is 0 Å². The Labute approximate surface area is 125 Å². The van der Waals surface area contributed by atoms with Crippen LogP contribution in [0.2, 0.25) is 0 Å². The SMILES string of the molecule is CCNC(COC1CCOCC1)(C(=O)O)c1ccccc1. The number of nitrogens with one attached hydrogen (secondary N) is 1. The monoisotopic (exact) mass is 293 g/mol. The second kappa shape index (κ2) is 7.54. The zero-order valence-corrected chi connectivity index (χ0v) is 12.4. The van der Waals surface area contributed by atoms with Crippen molar-refractivity contribution in [3.05, 3.63) is 35.9 Å². The summed E-state index contributed by atoms with van der Waals surface area (Å²) in [7, 11) is 0. The summed E-state index contributed by atoms with van der Waals surface area (Å²) in [5.41, 5.74) is -0.486. The number of rotatable bonds is 7. The molecule has 5 nitrogen and oxygen atoms in total. The van der Waals surface area contributed by atoms with E-state index < -0.39 is 11.5 Å². The third-order valence-electron chi connectivity index (χ3n) is 3.81. The van der Waals surface area contributed by atoms with E-state index in [0.717, 1.165) is 12.8 Å². The second-order valence-corrected chi connectivity index (χ2v) is 5.23. The van der Waals surface area contributed by atoms with Crippen molar-refractivity contribution in [1.29, 1.82) is 0 Å². The van der Waals surface area contributed by atoms with Crippen LogP contribution < -0.4 is 5.32 Å². The number of carboxylic acids is 1. The summed E-state index contributed by atoms with van der Waals surface area (Å²) in [6.45, 7) is 3.92. The molecule has 0 aromatic heterocycles. The first-order valence-corrected chi connectivity index (χ1v) is 7.42. The second-order valence-electron chi connectivity index (χ2n) is 5.23. The molecule has 0 spiro atoms. The van der Waals surface area contributed by atoms with E-state index in [0.29, 0.717) is 25.3 Å². The highest BCUT2D eigenvalue weighted by Gasteiger charge is 2.40. The molecule has 0 bridgehead atoms. The van der Waals surface area contributed by atoms with E-state index in [9.17, 15) is 9.90 Å². The van der Waals surface area contributed by atoms with Gasteiger partial charge in [-0.05, 0) is 24.9 Å². The van der Waals surface area contributed by atoms with Crippen molar-refractivity contribution in [2.75, 3.05) is 26.4 Å². The Bertz CT molecular complexity index is 445. The molecule has 1 aromatic carbocycles. The molecular weight excluding hydrogens is 270 g/mol. The number of carboxylic acid groups (broad SMARTS) is 1. The first-order valence-electron chi connectivity index (χ1n) is 7.42. The molecule has 1 atom stereocenters. The fraction of sp³-hybridized carbons (Fsp3) is 0.562. The summed E-state index contributed by atoms with van der Waals surface area (Å²) in [6, 6.07) is 9.22. The fourth-order valence-electron chi connectivity index (χ4n) is 2.61. The lowest BCUT2D eigenvalue weighted by Crippen LogP contribution is -2.53. The third kappa shape index (κ3) is 3.81. The summed E-state index contributed by atoms with van der Waals surface area (Å²) in [5, 5.41) is 12.9. The Hall–Kier alpha value is -1.43. The molecule has 21 heavy (non-hydrogen) atoms. The van der Waals surface area contributed by atoms with Crippen molar-refractivity contribution in [3.8, 4) is 0 Å². The topological polar surface area (TPSA) is 67.8 Å². The Kier molecular flexibility index (Phi) is 5.73. The Morgan fingerprint density at radius 3 is 2.62 bits per heavy atom. The van der Waals surface area contributed by atoms with Crippen LogP contribution >= 0.6 is 0 Å². The number of hydrogen-bond donors (Lipinski definition) is 2. The average Bonchev–Trinajstić information content (AvgIpc) is 2.53. The predicted octanol–water partition coefficient (Wildman–Crippen LogP) is 1.77. The Morgan fingerprint density at radius 1 is 1.38 bits per heavy atom. The highest BCUT2D eigenvalue weighted by Crippen LogP contribution is 2.24. The summed E-state index contributed by atoms with van der Waals surface area (Å²) in [6.07, 6.45) is 1.70. The lowest BCUT2D eigenvalue weighted by atomic mass is 9.90. The Morgan fingerprint density at radius 2 is 2.05 bits per heavy atom. The molecule has 2 N–H and O–H groups in total. The molecule has 0 radical (unpaired) electrons. The van der Waals surface area contributed by atoms with Gasteiger partial charge in [-0.15, -0.1) is 0 Å². The molecule has 0 aliphatic carbocycles. The quantitative estimate of drug-likeness (QED) is 0.802. The predicted molar refractivity (Wildman–Crippen MR) is 79.2 cm³/mol. The van der Waals surface area contributed by atoms with E-state index >= 15 is 0 Å². The number of hydrogen-bond acceptors (Lipinski definition) is 4. The average molecular weight is 293 g/mol. The van der Waals surface area contributed by atoms with E-state index in [1.165, 1.54) is 0 Å². The number of aliphatic carboxylic acids is 1. The molecular formula is C16H23NO4. The maximum Gasteiger partial charge on any atom is 0.331 e. The first-order chi connectivity index (χ1) is 10.2. The standard InChI is InChI=1S/C16H23NO4/c1-2-17-16(15(18)19,13-6-4-3-5-7-13)12-21-14-8-10-20-11-9-14/h3-7,14,17H,2,8-12H2,1H3,(H,18,19). The van der Waals surface area contributed by atoms with Crippen LogP contribution in [0, 0.1) is 0 Å². The van der Waals surface area contributed by atoms with Crippen LogP contribution in [-0.2, 0) is 19.8 Å². The highest BCUT2D eigenvalue weighted by atomic mass is 16.5. The van der Waals surface area contributed by atoms with Gasteiger partial charge in [0.15, 0.2) is 5.54 Å². The lowest BCUT2D eigenvalue weighted by Gasteiger charge is -2.33. The van der Waals surface area contributed by atoms with Crippen molar-refractivity contribution in [3.63, 3.8) is 0 Å². The molecule has 1 unspecified atom stereocenters. The third-order valence-corrected chi connectivity index (χ3v) is 3.81. The summed E-state index contributed by atoms with van der Waals surface area (Å²) in [4.78, 5) is 11.9. The summed E-state index contributed by atoms with van der Waals surface area (Å²) < 4.78 is 11.2. The van der Waals surface area contributed by atoms with Gasteiger partial charge in [0.2, 0.25) is 0 Å². The first kappa shape index (κ1) is 15.9. The van der Waals surface area contributed by atoms with Crippen molar-refractivity contribution < 1.29 is 19.4 Å². The molecule has 5 heteroatoms. The molecule has 2 rings (SSSR count). The van der Waals surface area contributed by atoms with Gasteiger partial charge in [-0.25, -0.2) is 4.79 Å². The minimum absolute atomic E-state index is 0.0693. The number of carbonyl (C=O) groups is 1. The van der Waals surface area contributed by atoms with Crippen LogP contribution in [0.25, 0.3) is 0 Å². The minimum atomic E-state index is -1.20. The maximum absolute atomic E-state index is 11.9. The van der Waals surface area contributed by atoms with E-state index in [-0.39, 0.29) is 12.7 Å². The highest BCUT2D eigenvalue weighted by molar-refractivity contribution is 5.81. The van der Waals surface area contributed by atoms with Crippen molar-refractivity contribution >= 4 is 5.97 Å². The van der Waals surface area contributed by atoms with Gasteiger partial charge in [0.1, 0.15) is 0 Å². The van der Waals surface area contributed by atoms with E-state index in [1.807, 2.05) is 37.3 Å².